The SMILES string of the molecule is CCCS(=O)(=O)c1ccc(C(=O)[NH2+]c2cccnc2C(=O)Nc2ccc(Cl)cn2)c(OCCCN)c1. The minimum absolute atomic E-state index is 0.00958. The van der Waals surface area contributed by atoms with Gasteiger partial charge in [0.25, 0.3) is 5.91 Å². The predicted molar refractivity (Wildman–Crippen MR) is 135 cm³/mol. The third kappa shape index (κ3) is 7.08. The highest BCUT2D eigenvalue weighted by atomic mass is 35.5. The van der Waals surface area contributed by atoms with Crippen LogP contribution in [-0.4, -0.2) is 49.1 Å². The number of primary amides is 1. The summed E-state index contributed by atoms with van der Waals surface area (Å²) in [5.41, 5.74) is 5.96. The highest BCUT2D eigenvalue weighted by molar-refractivity contribution is 7.91. The number of quaternary nitrogens is 1. The monoisotopic (exact) mass is 532 g/mol. The van der Waals surface area contributed by atoms with E-state index in [9.17, 15) is 18.0 Å². The summed E-state index contributed by atoms with van der Waals surface area (Å²) in [7, 11) is -3.52. The minimum atomic E-state index is -3.52. The van der Waals surface area contributed by atoms with Crippen molar-refractivity contribution in [3.63, 3.8) is 0 Å². The quantitative estimate of drug-likeness (QED) is 0.317. The molecular formula is C24H27ClN5O5S+. The first-order valence-corrected chi connectivity index (χ1v) is 13.2. The number of carbonyl (C=O) groups is 2. The number of anilines is 1. The van der Waals surface area contributed by atoms with Gasteiger partial charge in [-0.3, -0.25) is 4.79 Å². The van der Waals surface area contributed by atoms with Gasteiger partial charge in [0.05, 0.1) is 22.3 Å². The Balaban J connectivity index is 1.87. The van der Waals surface area contributed by atoms with Crippen molar-refractivity contribution in [3.05, 3.63) is 71.1 Å². The molecule has 2 heterocycles. The van der Waals surface area contributed by atoms with E-state index in [2.05, 4.69) is 15.3 Å². The molecule has 1 aromatic carbocycles. The highest BCUT2D eigenvalue weighted by Gasteiger charge is 2.25. The number of nitrogens with zero attached hydrogens (tertiary/aromatic N) is 2. The minimum Gasteiger partial charge on any atom is -0.492 e. The number of benzene rings is 1. The van der Waals surface area contributed by atoms with Crippen molar-refractivity contribution >= 4 is 44.8 Å². The van der Waals surface area contributed by atoms with Crippen LogP contribution in [0.5, 0.6) is 5.75 Å². The van der Waals surface area contributed by atoms with Gasteiger partial charge in [0.1, 0.15) is 17.1 Å². The lowest BCUT2D eigenvalue weighted by Crippen LogP contribution is -2.82. The molecule has 0 atom stereocenters. The maximum Gasteiger partial charge on any atom is 0.351 e. The van der Waals surface area contributed by atoms with Gasteiger partial charge in [0.15, 0.2) is 21.2 Å². The number of amides is 2. The zero-order chi connectivity index (χ0) is 26.1. The summed E-state index contributed by atoms with van der Waals surface area (Å²) in [4.78, 5) is 34.3. The Morgan fingerprint density at radius 1 is 1.17 bits per heavy atom. The van der Waals surface area contributed by atoms with E-state index in [4.69, 9.17) is 22.1 Å². The second-order valence-corrected chi connectivity index (χ2v) is 10.3. The normalized spacial score (nSPS) is 11.2. The van der Waals surface area contributed by atoms with Gasteiger partial charge in [0.2, 0.25) is 0 Å². The first-order valence-electron chi connectivity index (χ1n) is 11.2. The molecule has 5 N–H and O–H groups in total. The molecule has 3 aromatic rings. The second kappa shape index (κ2) is 12.5. The number of hydrogen-bond donors (Lipinski definition) is 3. The molecule has 0 saturated heterocycles. The molecule has 0 bridgehead atoms. The second-order valence-electron chi connectivity index (χ2n) is 7.73. The Morgan fingerprint density at radius 3 is 2.67 bits per heavy atom. The van der Waals surface area contributed by atoms with Crippen LogP contribution >= 0.6 is 11.6 Å². The van der Waals surface area contributed by atoms with Crippen molar-refractivity contribution in [2.24, 2.45) is 5.73 Å². The molecule has 12 heteroatoms. The van der Waals surface area contributed by atoms with E-state index in [1.165, 1.54) is 42.0 Å². The van der Waals surface area contributed by atoms with Crippen molar-refractivity contribution in [3.8, 4) is 5.75 Å². The van der Waals surface area contributed by atoms with Gasteiger partial charge < -0.3 is 15.8 Å². The van der Waals surface area contributed by atoms with E-state index in [1.807, 2.05) is 0 Å². The zero-order valence-corrected chi connectivity index (χ0v) is 21.2. The van der Waals surface area contributed by atoms with E-state index < -0.39 is 21.7 Å². The van der Waals surface area contributed by atoms with E-state index in [1.54, 1.807) is 25.1 Å². The molecule has 0 aliphatic carbocycles. The van der Waals surface area contributed by atoms with Gasteiger partial charge in [-0.15, -0.1) is 0 Å². The lowest BCUT2D eigenvalue weighted by atomic mass is 10.1. The number of nitrogens with one attached hydrogen (secondary N) is 1. The van der Waals surface area contributed by atoms with Gasteiger partial charge in [0, 0.05) is 18.5 Å². The standard InChI is InChI=1S/C24H26ClN5O5S/c1-2-13-36(33,34)17-7-8-18(20(14-17)35-12-4-10-26)23(31)29-19-5-3-11-27-22(19)24(32)30-21-9-6-16(25)15-28-21/h3,5-9,11,14-15H,2,4,10,12-13,26H2,1H3,(H,29,31)(H,28,30,32)/p+1. The van der Waals surface area contributed by atoms with Crippen LogP contribution in [0.1, 0.15) is 40.6 Å². The molecule has 0 spiro atoms. The average Bonchev–Trinajstić information content (AvgIpc) is 2.85. The van der Waals surface area contributed by atoms with Gasteiger partial charge in [-0.1, -0.05) is 18.5 Å². The van der Waals surface area contributed by atoms with E-state index in [0.29, 0.717) is 24.4 Å². The van der Waals surface area contributed by atoms with Crippen LogP contribution in [0, 0.1) is 0 Å². The number of carbonyl (C=O) groups excluding carboxylic acids is 2. The molecule has 36 heavy (non-hydrogen) atoms. The molecule has 2 aromatic heterocycles. The Kier molecular flexibility index (Phi) is 9.48. The molecule has 0 fully saturated rings. The Bertz CT molecular complexity index is 1330. The van der Waals surface area contributed by atoms with E-state index >= 15 is 0 Å². The van der Waals surface area contributed by atoms with Gasteiger partial charge in [-0.2, -0.15) is 0 Å². The molecule has 0 aliphatic rings. The summed E-state index contributed by atoms with van der Waals surface area (Å²) < 4.78 is 30.8. The maximum atomic E-state index is 13.2. The van der Waals surface area contributed by atoms with Crippen LogP contribution < -0.4 is 21.1 Å². The van der Waals surface area contributed by atoms with Crippen molar-refractivity contribution in [2.45, 2.75) is 24.7 Å². The van der Waals surface area contributed by atoms with Crippen LogP contribution in [0.15, 0.2) is 59.8 Å². The van der Waals surface area contributed by atoms with E-state index in [-0.39, 0.29) is 45.8 Å². The molecule has 190 valence electrons. The smallest absolute Gasteiger partial charge is 0.351 e. The largest absolute Gasteiger partial charge is 0.492 e. The Hall–Kier alpha value is -3.38. The van der Waals surface area contributed by atoms with E-state index in [0.717, 1.165) is 0 Å². The number of rotatable bonds is 11. The van der Waals surface area contributed by atoms with Crippen molar-refractivity contribution < 1.29 is 28.1 Å². The first-order chi connectivity index (χ1) is 17.2. The molecular weight excluding hydrogens is 506 g/mol. The molecule has 10 nitrogen and oxygen atoms in total. The summed E-state index contributed by atoms with van der Waals surface area (Å²) in [6.45, 7) is 2.36. The van der Waals surface area contributed by atoms with Gasteiger partial charge in [-0.25, -0.2) is 28.5 Å². The summed E-state index contributed by atoms with van der Waals surface area (Å²) in [5, 5.41) is 4.29. The predicted octanol–water partition coefficient (Wildman–Crippen LogP) is 2.33. The van der Waals surface area contributed by atoms with Crippen LogP contribution in [-0.2, 0) is 9.84 Å². The molecule has 0 saturated carbocycles. The number of nitrogens with two attached hydrogens (primary N) is 2. The summed E-state index contributed by atoms with van der Waals surface area (Å²) in [6, 6.07) is 10.4. The lowest BCUT2D eigenvalue weighted by Gasteiger charge is -2.12. The summed E-state index contributed by atoms with van der Waals surface area (Å²) in [5.74, 6) is -0.673. The fraction of sp³-hybridized carbons (Fsp3) is 0.250. The first kappa shape index (κ1) is 27.2. The molecule has 2 amide bonds. The number of sulfone groups is 1. The van der Waals surface area contributed by atoms with Crippen molar-refractivity contribution in [2.75, 3.05) is 24.2 Å². The molecule has 3 rings (SSSR count). The van der Waals surface area contributed by atoms with Crippen molar-refractivity contribution in [1.29, 1.82) is 0 Å². The Labute approximate surface area is 214 Å². The fourth-order valence-electron chi connectivity index (χ4n) is 3.24. The lowest BCUT2D eigenvalue weighted by molar-refractivity contribution is -0.464. The van der Waals surface area contributed by atoms with Gasteiger partial charge >= 0.3 is 5.91 Å². The number of aromatic nitrogens is 2. The number of pyridine rings is 2. The number of ether oxygens (including phenoxy) is 1. The van der Waals surface area contributed by atoms with Crippen LogP contribution in [0.4, 0.5) is 11.5 Å². The number of halogens is 1. The van der Waals surface area contributed by atoms with Crippen LogP contribution in [0.2, 0.25) is 5.02 Å². The zero-order valence-electron chi connectivity index (χ0n) is 19.6. The van der Waals surface area contributed by atoms with Gasteiger partial charge in [-0.05, 0) is 55.8 Å². The topological polar surface area (TPSA) is 158 Å². The summed E-state index contributed by atoms with van der Waals surface area (Å²) in [6.07, 6.45) is 3.80. The number of hydrogen-bond acceptors (Lipinski definition) is 8. The fourth-order valence-corrected chi connectivity index (χ4v) is 4.69. The average molecular weight is 533 g/mol. The molecule has 0 aliphatic heterocycles. The molecule has 0 unspecified atom stereocenters. The third-order valence-electron chi connectivity index (χ3n) is 4.97. The summed E-state index contributed by atoms with van der Waals surface area (Å²) >= 11 is 5.83. The Morgan fingerprint density at radius 2 is 1.97 bits per heavy atom. The van der Waals surface area contributed by atoms with Crippen LogP contribution in [0.3, 0.4) is 0 Å². The molecule has 0 radical (unpaired) electrons. The third-order valence-corrected chi connectivity index (χ3v) is 7.11. The van der Waals surface area contributed by atoms with Crippen molar-refractivity contribution in [1.82, 2.24) is 9.97 Å². The highest BCUT2D eigenvalue weighted by Crippen LogP contribution is 2.24. The van der Waals surface area contributed by atoms with Crippen LogP contribution in [0.25, 0.3) is 0 Å². The maximum absolute atomic E-state index is 13.2.